The van der Waals surface area contributed by atoms with Gasteiger partial charge in [0.2, 0.25) is 0 Å². The summed E-state index contributed by atoms with van der Waals surface area (Å²) in [5.74, 6) is -0.140. The second-order valence-electron chi connectivity index (χ2n) is 3.22. The fraction of sp³-hybridized carbons (Fsp3) is 0. The van der Waals surface area contributed by atoms with E-state index in [0.717, 1.165) is 18.9 Å². The Labute approximate surface area is 129 Å². The Morgan fingerprint density at radius 3 is 2.71 bits per heavy atom. The molecule has 4 nitrogen and oxygen atoms in total. The second-order valence-corrected chi connectivity index (χ2v) is 6.68. The van der Waals surface area contributed by atoms with Crippen molar-refractivity contribution in [3.63, 3.8) is 0 Å². The number of carbonyl (C=O) groups is 1. The smallest absolute Gasteiger partial charge is 0.264 e. The van der Waals surface area contributed by atoms with Crippen LogP contribution < -0.4 is 5.32 Å². The summed E-state index contributed by atoms with van der Waals surface area (Å²) in [6.07, 6.45) is 1.60. The van der Waals surface area contributed by atoms with Crippen molar-refractivity contribution in [2.45, 2.75) is 0 Å². The van der Waals surface area contributed by atoms with Crippen molar-refractivity contribution in [3.05, 3.63) is 29.7 Å². The Kier molecular flexibility index (Phi) is 3.98. The topological polar surface area (TPSA) is 73.2 Å². The normalized spacial score (nSPS) is 17.6. The summed E-state index contributed by atoms with van der Waals surface area (Å²) in [5, 5.41) is 19.7. The molecule has 0 unspecified atom stereocenters. The van der Waals surface area contributed by atoms with Crippen LogP contribution in [0, 0.1) is 12.5 Å². The van der Waals surface area contributed by atoms with Crippen molar-refractivity contribution in [2.24, 2.45) is 0 Å². The lowest BCUT2D eigenvalue weighted by Gasteiger charge is -2.03. The monoisotopic (exact) mass is 472 g/mol. The maximum absolute atomic E-state index is 11.4. The van der Waals surface area contributed by atoms with Crippen molar-refractivity contribution in [3.8, 4) is 5.75 Å². The number of hydrogen-bond donors (Lipinski definition) is 3. The highest BCUT2D eigenvalue weighted by atomic mass is 127. The first-order valence-corrected chi connectivity index (χ1v) is 7.42. The molecule has 0 spiro atoms. The Morgan fingerprint density at radius 2 is 2.12 bits per heavy atom. The Hall–Kier alpha value is -0.290. The van der Waals surface area contributed by atoms with E-state index in [2.05, 4.69) is 27.9 Å². The molecule has 0 saturated carbocycles. The molecule has 0 atom stereocenters. The van der Waals surface area contributed by atoms with E-state index < -0.39 is 0 Å². The summed E-state index contributed by atoms with van der Waals surface area (Å²) < 4.78 is 1.72. The summed E-state index contributed by atoms with van der Waals surface area (Å²) in [6, 6.07) is 3.64. The van der Waals surface area contributed by atoms with E-state index in [4.69, 9.17) is 5.41 Å². The van der Waals surface area contributed by atoms with Gasteiger partial charge in [0.1, 0.15) is 5.75 Å². The molecule has 17 heavy (non-hydrogen) atoms. The number of nitrogens with one attached hydrogen (secondary N) is 2. The van der Waals surface area contributed by atoms with Gasteiger partial charge in [-0.25, -0.2) is 0 Å². The van der Waals surface area contributed by atoms with Gasteiger partial charge in [0.25, 0.3) is 5.91 Å². The number of carbonyl (C=O) groups excluding carboxylic acids is 1. The van der Waals surface area contributed by atoms with Gasteiger partial charge in [-0.15, -0.1) is 0 Å². The molecule has 1 heterocycles. The molecular weight excluding hydrogens is 466 g/mol. The van der Waals surface area contributed by atoms with Crippen LogP contribution in [0.15, 0.2) is 17.0 Å². The number of amides is 1. The van der Waals surface area contributed by atoms with Crippen LogP contribution in [0.5, 0.6) is 5.75 Å². The van der Waals surface area contributed by atoms with Gasteiger partial charge in [0.15, 0.2) is 5.17 Å². The van der Waals surface area contributed by atoms with Crippen LogP contribution in [0.1, 0.15) is 5.56 Å². The molecule has 2 rings (SSSR count). The molecule has 1 saturated heterocycles. The van der Waals surface area contributed by atoms with Crippen LogP contribution in [0.2, 0.25) is 0 Å². The van der Waals surface area contributed by atoms with Crippen molar-refractivity contribution in [1.29, 1.82) is 5.41 Å². The highest BCUT2D eigenvalue weighted by Crippen LogP contribution is 2.32. The predicted octanol–water partition coefficient (Wildman–Crippen LogP) is 2.74. The van der Waals surface area contributed by atoms with Crippen LogP contribution in [-0.4, -0.2) is 16.2 Å². The molecule has 3 N–H and O–H groups in total. The number of phenolic OH excluding ortho intramolecular Hbond substituents is 1. The Morgan fingerprint density at radius 1 is 1.41 bits per heavy atom. The predicted molar refractivity (Wildman–Crippen MR) is 85.0 cm³/mol. The van der Waals surface area contributed by atoms with Crippen LogP contribution in [0.3, 0.4) is 0 Å². The van der Waals surface area contributed by atoms with E-state index in [-0.39, 0.29) is 16.8 Å². The third-order valence-corrected chi connectivity index (χ3v) is 4.28. The first-order chi connectivity index (χ1) is 7.97. The highest BCUT2D eigenvalue weighted by molar-refractivity contribution is 14.1. The summed E-state index contributed by atoms with van der Waals surface area (Å²) in [6.45, 7) is 0. The van der Waals surface area contributed by atoms with Gasteiger partial charge in [-0.3, -0.25) is 10.2 Å². The van der Waals surface area contributed by atoms with Gasteiger partial charge in [-0.1, -0.05) is 0 Å². The Balaban J connectivity index is 2.46. The van der Waals surface area contributed by atoms with Crippen molar-refractivity contribution >= 4 is 74.1 Å². The molecule has 0 radical (unpaired) electrons. The van der Waals surface area contributed by atoms with Gasteiger partial charge in [-0.2, -0.15) is 0 Å². The molecule has 1 aromatic carbocycles. The zero-order valence-corrected chi connectivity index (χ0v) is 13.4. The zero-order chi connectivity index (χ0) is 12.6. The van der Waals surface area contributed by atoms with E-state index in [1.54, 1.807) is 12.1 Å². The SMILES string of the molecule is N=C1NC(=O)/C(=C\c2cc(I)cc(I)c2O)S1. The number of amidine groups is 1. The number of hydrogen-bond acceptors (Lipinski definition) is 4. The third-order valence-electron chi connectivity index (χ3n) is 2.01. The number of phenols is 1. The maximum Gasteiger partial charge on any atom is 0.264 e. The largest absolute Gasteiger partial charge is 0.506 e. The molecule has 0 aromatic heterocycles. The van der Waals surface area contributed by atoms with Gasteiger partial charge < -0.3 is 10.4 Å². The third kappa shape index (κ3) is 2.94. The van der Waals surface area contributed by atoms with Crippen molar-refractivity contribution in [1.82, 2.24) is 5.32 Å². The van der Waals surface area contributed by atoms with E-state index >= 15 is 0 Å². The fourth-order valence-electron chi connectivity index (χ4n) is 1.28. The number of benzene rings is 1. The number of aromatic hydroxyl groups is 1. The average Bonchev–Trinajstić information content (AvgIpc) is 2.53. The molecule has 1 fully saturated rings. The number of thioether (sulfide) groups is 1. The molecule has 0 bridgehead atoms. The van der Waals surface area contributed by atoms with Crippen LogP contribution >= 0.6 is 56.9 Å². The molecule has 1 amide bonds. The number of halogens is 2. The van der Waals surface area contributed by atoms with Crippen molar-refractivity contribution in [2.75, 3.05) is 0 Å². The summed E-state index contributed by atoms with van der Waals surface area (Å²) >= 11 is 5.24. The van der Waals surface area contributed by atoms with E-state index in [1.165, 1.54) is 0 Å². The minimum absolute atomic E-state index is 0.112. The lowest BCUT2D eigenvalue weighted by molar-refractivity contribution is -0.115. The van der Waals surface area contributed by atoms with Gasteiger partial charge >= 0.3 is 0 Å². The molecule has 1 aromatic rings. The number of rotatable bonds is 1. The van der Waals surface area contributed by atoms with Crippen LogP contribution in [0.4, 0.5) is 0 Å². The second kappa shape index (κ2) is 5.14. The van der Waals surface area contributed by atoms with Gasteiger partial charge in [0, 0.05) is 9.13 Å². The van der Waals surface area contributed by atoms with Gasteiger partial charge in [0.05, 0.1) is 8.48 Å². The molecule has 88 valence electrons. The fourth-order valence-corrected chi connectivity index (χ4v) is 3.86. The molecule has 1 aliphatic heterocycles. The minimum Gasteiger partial charge on any atom is -0.506 e. The lowest BCUT2D eigenvalue weighted by Crippen LogP contribution is -2.18. The van der Waals surface area contributed by atoms with E-state index in [9.17, 15) is 9.90 Å². The zero-order valence-electron chi connectivity index (χ0n) is 8.25. The quantitative estimate of drug-likeness (QED) is 0.435. The minimum atomic E-state index is -0.298. The van der Waals surface area contributed by atoms with Crippen molar-refractivity contribution < 1.29 is 9.90 Å². The summed E-state index contributed by atoms with van der Waals surface area (Å²) in [7, 11) is 0. The maximum atomic E-state index is 11.4. The van der Waals surface area contributed by atoms with E-state index in [0.29, 0.717) is 10.5 Å². The van der Waals surface area contributed by atoms with Crippen LogP contribution in [-0.2, 0) is 4.79 Å². The standard InChI is InChI=1S/C10H6I2N2O2S/c11-5-1-4(8(15)6(12)3-5)2-7-9(16)14-10(13)17-7/h1-3,15H,(H2,13,14,16)/b7-2+. The van der Waals surface area contributed by atoms with Gasteiger partial charge in [-0.05, 0) is 75.2 Å². The summed E-state index contributed by atoms with van der Waals surface area (Å²) in [5.41, 5.74) is 0.591. The average molecular weight is 472 g/mol. The van der Waals surface area contributed by atoms with E-state index in [1.807, 2.05) is 28.7 Å². The molecule has 1 aliphatic rings. The molecule has 7 heteroatoms. The Bertz CT molecular complexity index is 557. The van der Waals surface area contributed by atoms with Crippen LogP contribution in [0.25, 0.3) is 6.08 Å². The summed E-state index contributed by atoms with van der Waals surface area (Å²) in [4.78, 5) is 11.9. The molecule has 0 aliphatic carbocycles. The lowest BCUT2D eigenvalue weighted by atomic mass is 10.2. The highest BCUT2D eigenvalue weighted by Gasteiger charge is 2.22. The first-order valence-electron chi connectivity index (χ1n) is 4.45. The molecular formula is C10H6I2N2O2S. The first kappa shape index (κ1) is 13.1.